The minimum absolute atomic E-state index is 0.145. The van der Waals surface area contributed by atoms with Crippen molar-refractivity contribution in [1.29, 1.82) is 0 Å². The van der Waals surface area contributed by atoms with E-state index < -0.39 is 0 Å². The smallest absolute Gasteiger partial charge is 0.162 e. The summed E-state index contributed by atoms with van der Waals surface area (Å²) in [5.74, 6) is 0.444. The van der Waals surface area contributed by atoms with Crippen molar-refractivity contribution in [2.24, 2.45) is 0 Å². The van der Waals surface area contributed by atoms with Crippen LogP contribution in [0.2, 0.25) is 5.02 Å². The fraction of sp³-hybridized carbons (Fsp3) is 0.100. The quantitative estimate of drug-likeness (QED) is 0.827. The van der Waals surface area contributed by atoms with Crippen molar-refractivity contribution < 1.29 is 9.63 Å². The molecule has 3 nitrogen and oxygen atoms in total. The average molecular weight is 210 g/mol. The number of hydrogen-bond acceptors (Lipinski definition) is 3. The molecule has 0 saturated heterocycles. The molecule has 0 atom stereocenters. The van der Waals surface area contributed by atoms with Crippen LogP contribution < -0.4 is 0 Å². The van der Waals surface area contributed by atoms with Gasteiger partial charge in [0, 0.05) is 16.7 Å². The lowest BCUT2D eigenvalue weighted by atomic mass is 10.1. The van der Waals surface area contributed by atoms with E-state index in [4.69, 9.17) is 21.2 Å². The second kappa shape index (κ2) is 3.82. The maximum Gasteiger partial charge on any atom is 0.162 e. The topological polar surface area (TPSA) is 46.3 Å². The molecule has 0 aliphatic carbocycles. The fourth-order valence-electron chi connectivity index (χ4n) is 1.17. The van der Waals surface area contributed by atoms with Crippen LogP contribution >= 0.6 is 11.6 Å². The molecule has 14 heavy (non-hydrogen) atoms. The van der Waals surface area contributed by atoms with Gasteiger partial charge in [-0.3, -0.25) is 0 Å². The van der Waals surface area contributed by atoms with Gasteiger partial charge in [0.15, 0.2) is 5.76 Å². The van der Waals surface area contributed by atoms with E-state index in [9.17, 15) is 0 Å². The molecule has 0 spiro atoms. The zero-order chi connectivity index (χ0) is 9.97. The highest BCUT2D eigenvalue weighted by atomic mass is 35.5. The van der Waals surface area contributed by atoms with Crippen LogP contribution in [0.4, 0.5) is 0 Å². The van der Waals surface area contributed by atoms with Gasteiger partial charge in [-0.05, 0) is 12.1 Å². The zero-order valence-corrected chi connectivity index (χ0v) is 8.03. The number of halogens is 1. The maximum absolute atomic E-state index is 8.79. The van der Waals surface area contributed by atoms with Crippen LogP contribution in [0.3, 0.4) is 0 Å². The molecule has 0 aliphatic rings. The fourth-order valence-corrected chi connectivity index (χ4v) is 1.36. The first-order valence-electron chi connectivity index (χ1n) is 4.12. The van der Waals surface area contributed by atoms with Crippen LogP contribution in [-0.2, 0) is 6.61 Å². The molecule has 4 heteroatoms. The van der Waals surface area contributed by atoms with Crippen molar-refractivity contribution in [3.8, 4) is 11.3 Å². The summed E-state index contributed by atoms with van der Waals surface area (Å²) in [6.07, 6.45) is 0. The zero-order valence-electron chi connectivity index (χ0n) is 7.27. The van der Waals surface area contributed by atoms with Crippen molar-refractivity contribution in [2.75, 3.05) is 0 Å². The molecule has 72 valence electrons. The Morgan fingerprint density at radius 2 is 2.21 bits per heavy atom. The first kappa shape index (κ1) is 9.24. The molecular weight excluding hydrogens is 202 g/mol. The van der Waals surface area contributed by atoms with E-state index in [1.165, 1.54) is 0 Å². The van der Waals surface area contributed by atoms with Gasteiger partial charge >= 0.3 is 0 Å². The van der Waals surface area contributed by atoms with Gasteiger partial charge < -0.3 is 9.63 Å². The molecule has 0 unspecified atom stereocenters. The lowest BCUT2D eigenvalue weighted by Gasteiger charge is -1.94. The Hall–Kier alpha value is -1.32. The Labute approximate surface area is 85.9 Å². The van der Waals surface area contributed by atoms with Gasteiger partial charge in [0.25, 0.3) is 0 Å². The summed E-state index contributed by atoms with van der Waals surface area (Å²) in [6, 6.07) is 8.99. The third-order valence-electron chi connectivity index (χ3n) is 1.84. The van der Waals surface area contributed by atoms with E-state index in [0.29, 0.717) is 16.5 Å². The number of aromatic nitrogens is 1. The van der Waals surface area contributed by atoms with Crippen LogP contribution in [0.5, 0.6) is 0 Å². The minimum atomic E-state index is -0.145. The first-order chi connectivity index (χ1) is 6.79. The Balaban J connectivity index is 2.39. The largest absolute Gasteiger partial charge is 0.388 e. The molecule has 2 aromatic rings. The monoisotopic (exact) mass is 209 g/mol. The number of aliphatic hydroxyl groups excluding tert-OH is 1. The van der Waals surface area contributed by atoms with E-state index in [2.05, 4.69) is 5.16 Å². The Kier molecular flexibility index (Phi) is 2.52. The van der Waals surface area contributed by atoms with Gasteiger partial charge in [0.2, 0.25) is 0 Å². The maximum atomic E-state index is 8.79. The summed E-state index contributed by atoms with van der Waals surface area (Å²) >= 11 is 5.83. The highest BCUT2D eigenvalue weighted by Crippen LogP contribution is 2.22. The normalized spacial score (nSPS) is 10.4. The Morgan fingerprint density at radius 3 is 2.86 bits per heavy atom. The van der Waals surface area contributed by atoms with Gasteiger partial charge in [-0.25, -0.2) is 0 Å². The van der Waals surface area contributed by atoms with Crippen LogP contribution in [0.25, 0.3) is 11.3 Å². The van der Waals surface area contributed by atoms with Crippen LogP contribution in [0.1, 0.15) is 5.76 Å². The molecular formula is C10H8ClNO2. The second-order valence-corrected chi connectivity index (χ2v) is 3.28. The summed E-state index contributed by atoms with van der Waals surface area (Å²) in [4.78, 5) is 0. The van der Waals surface area contributed by atoms with E-state index in [0.717, 1.165) is 5.56 Å². The summed E-state index contributed by atoms with van der Waals surface area (Å²) in [6.45, 7) is -0.145. The molecule has 0 aliphatic heterocycles. The Bertz CT molecular complexity index is 439. The summed E-state index contributed by atoms with van der Waals surface area (Å²) < 4.78 is 4.86. The third kappa shape index (κ3) is 1.78. The molecule has 2 rings (SSSR count). The molecule has 0 fully saturated rings. The van der Waals surface area contributed by atoms with Crippen molar-refractivity contribution >= 4 is 11.6 Å². The molecule has 0 saturated carbocycles. The third-order valence-corrected chi connectivity index (χ3v) is 2.07. The van der Waals surface area contributed by atoms with Crippen molar-refractivity contribution in [3.63, 3.8) is 0 Å². The van der Waals surface area contributed by atoms with Crippen LogP contribution in [0, 0.1) is 0 Å². The predicted octanol–water partition coefficient (Wildman–Crippen LogP) is 2.49. The number of nitrogens with zero attached hydrogens (tertiary/aromatic N) is 1. The average Bonchev–Trinajstić information content (AvgIpc) is 2.66. The van der Waals surface area contributed by atoms with E-state index >= 15 is 0 Å². The lowest BCUT2D eigenvalue weighted by molar-refractivity contribution is 0.229. The highest BCUT2D eigenvalue weighted by molar-refractivity contribution is 6.30. The van der Waals surface area contributed by atoms with Gasteiger partial charge in [-0.1, -0.05) is 28.9 Å². The van der Waals surface area contributed by atoms with Crippen LogP contribution in [-0.4, -0.2) is 10.3 Å². The number of rotatable bonds is 2. The number of benzene rings is 1. The van der Waals surface area contributed by atoms with Crippen molar-refractivity contribution in [1.82, 2.24) is 5.16 Å². The van der Waals surface area contributed by atoms with Crippen LogP contribution in [0.15, 0.2) is 34.9 Å². The van der Waals surface area contributed by atoms with E-state index in [-0.39, 0.29) is 6.61 Å². The van der Waals surface area contributed by atoms with E-state index in [1.54, 1.807) is 18.2 Å². The molecule has 1 N–H and O–H groups in total. The van der Waals surface area contributed by atoms with Gasteiger partial charge in [-0.2, -0.15) is 0 Å². The molecule has 1 aromatic heterocycles. The van der Waals surface area contributed by atoms with Crippen molar-refractivity contribution in [3.05, 3.63) is 41.1 Å². The highest BCUT2D eigenvalue weighted by Gasteiger charge is 2.05. The van der Waals surface area contributed by atoms with Gasteiger partial charge in [0.1, 0.15) is 12.3 Å². The predicted molar refractivity (Wildman–Crippen MR) is 52.9 cm³/mol. The molecule has 0 radical (unpaired) electrons. The SMILES string of the molecule is OCc1cc(-c2cccc(Cl)c2)no1. The standard InChI is InChI=1S/C10H8ClNO2/c11-8-3-1-2-7(4-8)10-5-9(6-13)14-12-10/h1-5,13H,6H2. The van der Waals surface area contributed by atoms with Gasteiger partial charge in [-0.15, -0.1) is 0 Å². The molecule has 1 aromatic carbocycles. The number of hydrogen-bond donors (Lipinski definition) is 1. The minimum Gasteiger partial charge on any atom is -0.388 e. The molecule has 0 bridgehead atoms. The second-order valence-electron chi connectivity index (χ2n) is 2.85. The molecule has 0 amide bonds. The summed E-state index contributed by atoms with van der Waals surface area (Å²) in [5, 5.41) is 13.2. The number of aliphatic hydroxyl groups is 1. The Morgan fingerprint density at radius 1 is 1.36 bits per heavy atom. The lowest BCUT2D eigenvalue weighted by Crippen LogP contribution is -1.76. The van der Waals surface area contributed by atoms with E-state index in [1.807, 2.05) is 12.1 Å². The summed E-state index contributed by atoms with van der Waals surface area (Å²) in [7, 11) is 0. The molecule has 1 heterocycles. The van der Waals surface area contributed by atoms with Gasteiger partial charge in [0.05, 0.1) is 0 Å². The van der Waals surface area contributed by atoms with Crippen molar-refractivity contribution in [2.45, 2.75) is 6.61 Å². The first-order valence-corrected chi connectivity index (χ1v) is 4.50. The summed E-state index contributed by atoms with van der Waals surface area (Å²) in [5.41, 5.74) is 1.55.